The van der Waals surface area contributed by atoms with Gasteiger partial charge in [-0.15, -0.1) is 0 Å². The van der Waals surface area contributed by atoms with Crippen LogP contribution in [0, 0.1) is 6.92 Å². The van der Waals surface area contributed by atoms with Gasteiger partial charge in [0, 0.05) is 12.4 Å². The topological polar surface area (TPSA) is 84.1 Å². The van der Waals surface area contributed by atoms with Crippen LogP contribution < -0.4 is 15.5 Å². The predicted molar refractivity (Wildman–Crippen MR) is 88.0 cm³/mol. The van der Waals surface area contributed by atoms with E-state index in [4.69, 9.17) is 4.74 Å². The average molecular weight is 309 g/mol. The fourth-order valence-corrected chi connectivity index (χ4v) is 2.29. The number of aromatic amines is 1. The third-order valence-corrected chi connectivity index (χ3v) is 3.49. The molecule has 2 aromatic heterocycles. The monoisotopic (exact) mass is 309 g/mol. The number of carbonyl (C=O) groups is 1. The number of nitrogens with one attached hydrogen (secondary N) is 2. The maximum absolute atomic E-state index is 12.5. The number of aromatic nitrogens is 2. The summed E-state index contributed by atoms with van der Waals surface area (Å²) in [7, 11) is 1.52. The van der Waals surface area contributed by atoms with Gasteiger partial charge in [-0.2, -0.15) is 0 Å². The Morgan fingerprint density at radius 3 is 2.78 bits per heavy atom. The summed E-state index contributed by atoms with van der Waals surface area (Å²) in [5.41, 5.74) is 1.21. The van der Waals surface area contributed by atoms with Gasteiger partial charge in [-0.1, -0.05) is 12.1 Å². The van der Waals surface area contributed by atoms with Crippen LogP contribution in [-0.4, -0.2) is 23.0 Å². The van der Waals surface area contributed by atoms with Crippen molar-refractivity contribution in [2.75, 3.05) is 12.4 Å². The first-order chi connectivity index (χ1) is 11.1. The van der Waals surface area contributed by atoms with Gasteiger partial charge >= 0.3 is 0 Å². The Labute approximate surface area is 132 Å². The molecule has 2 N–H and O–H groups in total. The summed E-state index contributed by atoms with van der Waals surface area (Å²) in [6.07, 6.45) is 3.03. The molecule has 0 saturated carbocycles. The van der Waals surface area contributed by atoms with E-state index in [1.807, 2.05) is 13.0 Å². The Morgan fingerprint density at radius 2 is 2.09 bits per heavy atom. The molecule has 0 unspecified atom stereocenters. The number of aryl methyl sites for hydroxylation is 1. The van der Waals surface area contributed by atoms with E-state index in [0.717, 1.165) is 5.56 Å². The molecule has 1 aromatic carbocycles. The molecule has 0 aliphatic rings. The number of methoxy groups -OCH3 is 1. The molecule has 0 fully saturated rings. The quantitative estimate of drug-likeness (QED) is 0.778. The third-order valence-electron chi connectivity index (χ3n) is 3.49. The largest absolute Gasteiger partial charge is 0.495 e. The number of pyridine rings is 2. The third kappa shape index (κ3) is 2.78. The van der Waals surface area contributed by atoms with Gasteiger partial charge in [0.15, 0.2) is 0 Å². The number of ether oxygens (including phenoxy) is 1. The summed E-state index contributed by atoms with van der Waals surface area (Å²) < 4.78 is 5.21. The highest BCUT2D eigenvalue weighted by atomic mass is 16.5. The number of carbonyl (C=O) groups excluding carboxylic acids is 1. The van der Waals surface area contributed by atoms with E-state index < -0.39 is 5.91 Å². The van der Waals surface area contributed by atoms with Crippen LogP contribution in [0.25, 0.3) is 10.9 Å². The highest BCUT2D eigenvalue weighted by molar-refractivity contribution is 6.05. The molecule has 23 heavy (non-hydrogen) atoms. The summed E-state index contributed by atoms with van der Waals surface area (Å²) in [5.74, 6) is 0.435. The maximum atomic E-state index is 12.5. The van der Waals surface area contributed by atoms with Crippen molar-refractivity contribution in [3.05, 3.63) is 64.1 Å². The Bertz CT molecular complexity index is 930. The van der Waals surface area contributed by atoms with Crippen molar-refractivity contribution in [2.45, 2.75) is 6.92 Å². The number of amides is 1. The minimum Gasteiger partial charge on any atom is -0.495 e. The number of anilines is 1. The molecule has 6 nitrogen and oxygen atoms in total. The number of nitrogens with zero attached hydrogens (tertiary/aromatic N) is 1. The highest BCUT2D eigenvalue weighted by Gasteiger charge is 2.15. The average Bonchev–Trinajstić information content (AvgIpc) is 2.57. The fraction of sp³-hybridized carbons (Fsp3) is 0.118. The molecule has 116 valence electrons. The van der Waals surface area contributed by atoms with Gasteiger partial charge in [0.25, 0.3) is 5.91 Å². The van der Waals surface area contributed by atoms with Crippen LogP contribution in [0.2, 0.25) is 0 Å². The second-order valence-corrected chi connectivity index (χ2v) is 5.09. The molecule has 0 atom stereocenters. The number of fused-ring (bicyclic) bond motifs is 1. The zero-order valence-corrected chi connectivity index (χ0v) is 12.7. The van der Waals surface area contributed by atoms with Crippen molar-refractivity contribution in [1.82, 2.24) is 9.97 Å². The molecule has 0 bridgehead atoms. The highest BCUT2D eigenvalue weighted by Crippen LogP contribution is 2.21. The molecule has 0 spiro atoms. The normalized spacial score (nSPS) is 10.5. The van der Waals surface area contributed by atoms with E-state index in [9.17, 15) is 9.59 Å². The summed E-state index contributed by atoms with van der Waals surface area (Å²) in [5, 5.41) is 3.02. The van der Waals surface area contributed by atoms with Crippen molar-refractivity contribution in [3.8, 4) is 5.75 Å². The Hall–Kier alpha value is -3.15. The van der Waals surface area contributed by atoms with Gasteiger partial charge < -0.3 is 15.0 Å². The number of H-pyrrole nitrogens is 1. The van der Waals surface area contributed by atoms with E-state index in [-0.39, 0.29) is 11.0 Å². The summed E-state index contributed by atoms with van der Waals surface area (Å²) in [4.78, 5) is 31.9. The molecule has 2 heterocycles. The van der Waals surface area contributed by atoms with Crippen molar-refractivity contribution < 1.29 is 9.53 Å². The van der Waals surface area contributed by atoms with Crippen LogP contribution in [0.1, 0.15) is 15.9 Å². The van der Waals surface area contributed by atoms with E-state index in [1.165, 1.54) is 13.3 Å². The van der Waals surface area contributed by atoms with Crippen LogP contribution in [0.3, 0.4) is 0 Å². The first-order valence-electron chi connectivity index (χ1n) is 7.02. The molecular formula is C17H15N3O3. The van der Waals surface area contributed by atoms with Crippen LogP contribution in [-0.2, 0) is 0 Å². The van der Waals surface area contributed by atoms with Gasteiger partial charge in [-0.05, 0) is 30.7 Å². The summed E-state index contributed by atoms with van der Waals surface area (Å²) in [6.45, 7) is 1.90. The fourth-order valence-electron chi connectivity index (χ4n) is 2.29. The Balaban J connectivity index is 1.99. The smallest absolute Gasteiger partial charge is 0.262 e. The first-order valence-corrected chi connectivity index (χ1v) is 7.02. The number of rotatable bonds is 3. The molecule has 0 radical (unpaired) electrons. The van der Waals surface area contributed by atoms with E-state index in [0.29, 0.717) is 22.5 Å². The number of hydrogen-bond donors (Lipinski definition) is 2. The van der Waals surface area contributed by atoms with Crippen LogP contribution in [0.5, 0.6) is 5.75 Å². The van der Waals surface area contributed by atoms with E-state index in [2.05, 4.69) is 15.3 Å². The molecule has 3 aromatic rings. The second kappa shape index (κ2) is 5.92. The zero-order valence-electron chi connectivity index (χ0n) is 12.7. The molecule has 0 aliphatic carbocycles. The summed E-state index contributed by atoms with van der Waals surface area (Å²) >= 11 is 0. The molecule has 3 rings (SSSR count). The number of benzene rings is 1. The lowest BCUT2D eigenvalue weighted by atomic mass is 10.1. The van der Waals surface area contributed by atoms with E-state index >= 15 is 0 Å². The molecular weight excluding hydrogens is 294 g/mol. The first kappa shape index (κ1) is 14.8. The molecule has 1 amide bonds. The summed E-state index contributed by atoms with van der Waals surface area (Å²) in [6, 6.07) is 8.62. The molecule has 6 heteroatoms. The molecule has 0 aliphatic heterocycles. The van der Waals surface area contributed by atoms with E-state index in [1.54, 1.807) is 30.5 Å². The lowest BCUT2D eigenvalue weighted by molar-refractivity contribution is 0.102. The second-order valence-electron chi connectivity index (χ2n) is 5.09. The number of hydrogen-bond acceptors (Lipinski definition) is 4. The van der Waals surface area contributed by atoms with Gasteiger partial charge in [-0.3, -0.25) is 9.59 Å². The van der Waals surface area contributed by atoms with Gasteiger partial charge in [0.05, 0.1) is 18.0 Å². The minimum absolute atomic E-state index is 0.0214. The van der Waals surface area contributed by atoms with Crippen LogP contribution in [0.15, 0.2) is 47.5 Å². The van der Waals surface area contributed by atoms with Crippen molar-refractivity contribution >= 4 is 22.6 Å². The van der Waals surface area contributed by atoms with Crippen molar-refractivity contribution in [2.24, 2.45) is 0 Å². The SMILES string of the molecule is COc1cccc2c(=O)c(C(=O)Nc3ccc(C)cn3)c[nH]c12. The minimum atomic E-state index is -0.507. The lowest BCUT2D eigenvalue weighted by Crippen LogP contribution is -2.22. The Morgan fingerprint density at radius 1 is 1.26 bits per heavy atom. The number of para-hydroxylation sites is 1. The van der Waals surface area contributed by atoms with Gasteiger partial charge in [0.1, 0.15) is 17.1 Å². The van der Waals surface area contributed by atoms with Crippen LogP contribution >= 0.6 is 0 Å². The molecule has 0 saturated heterocycles. The standard InChI is InChI=1S/C17H15N3O3/c1-10-6-7-14(18-8-10)20-17(22)12-9-19-15-11(16(12)21)4-3-5-13(15)23-2/h3-9H,1-2H3,(H,19,21)(H,18,20,22). The van der Waals surface area contributed by atoms with Gasteiger partial charge in [-0.25, -0.2) is 4.98 Å². The maximum Gasteiger partial charge on any atom is 0.262 e. The lowest BCUT2D eigenvalue weighted by Gasteiger charge is -2.07. The zero-order chi connectivity index (χ0) is 16.4. The van der Waals surface area contributed by atoms with Crippen LogP contribution in [0.4, 0.5) is 5.82 Å². The van der Waals surface area contributed by atoms with Crippen molar-refractivity contribution in [1.29, 1.82) is 0 Å². The predicted octanol–water partition coefficient (Wildman–Crippen LogP) is 2.49. The van der Waals surface area contributed by atoms with Crippen molar-refractivity contribution in [3.63, 3.8) is 0 Å². The van der Waals surface area contributed by atoms with Gasteiger partial charge in [0.2, 0.25) is 5.43 Å². The Kier molecular flexibility index (Phi) is 3.80.